The van der Waals surface area contributed by atoms with Gasteiger partial charge in [0.15, 0.2) is 0 Å². The van der Waals surface area contributed by atoms with Crippen molar-refractivity contribution in [2.45, 2.75) is 0 Å². The van der Waals surface area contributed by atoms with Crippen LogP contribution in [0.3, 0.4) is 0 Å². The van der Waals surface area contributed by atoms with Crippen molar-refractivity contribution in [1.82, 2.24) is 0 Å². The summed E-state index contributed by atoms with van der Waals surface area (Å²) in [5, 5.41) is 0. The van der Waals surface area contributed by atoms with Gasteiger partial charge in [0.1, 0.15) is 0 Å². The third-order valence-electron chi connectivity index (χ3n) is 0. The standard InChI is InChI=1S/Ga.Mg.H2Se.Sr.7H/h;;1H2;;;;;;;;/q;+2;;+2;;;;4*-1. The third kappa shape index (κ3) is 9.04. The van der Waals surface area contributed by atoms with Gasteiger partial charge in [-0.2, -0.15) is 0 Å². The smallest absolute Gasteiger partial charge is 2.00 e. The van der Waals surface area contributed by atoms with Crippen molar-refractivity contribution in [2.24, 2.45) is 0 Å². The minimum absolute atomic E-state index is 0. The van der Waals surface area contributed by atoms with Crippen molar-refractivity contribution in [1.29, 1.82) is 0 Å². The van der Waals surface area contributed by atoms with E-state index in [1.54, 1.807) is 0 Å². The first-order valence-electron chi connectivity index (χ1n) is 0. The minimum Gasteiger partial charge on any atom is 2.00 e. The van der Waals surface area contributed by atoms with E-state index in [0.29, 0.717) is 0 Å². The van der Waals surface area contributed by atoms with Gasteiger partial charge >= 0.3 is 105 Å². The first kappa shape index (κ1) is 26.2. The van der Waals surface area contributed by atoms with Gasteiger partial charge in [-0.15, -0.1) is 0 Å². The maximum Gasteiger partial charge on any atom is 2.00 e. The molecule has 0 aromatic carbocycles. The van der Waals surface area contributed by atoms with Crippen LogP contribution in [0, 0.1) is 0 Å². The quantitative estimate of drug-likeness (QED) is 0.430. The number of hydrogen-bond donors (Lipinski definition) is 0. The van der Waals surface area contributed by atoms with Crippen LogP contribution in [0.4, 0.5) is 0 Å². The molecule has 0 saturated carbocycles. The predicted molar refractivity (Wildman–Crippen MR) is 34.4 cm³/mol. The summed E-state index contributed by atoms with van der Waals surface area (Å²) in [7, 11) is 0. The van der Waals surface area contributed by atoms with E-state index >= 15 is 0 Å². The molecule has 0 N–H and O–H groups in total. The molecule has 0 saturated heterocycles. The van der Waals surface area contributed by atoms with Crippen LogP contribution in [-0.2, 0) is 0 Å². The Morgan fingerprint density at radius 2 is 1.25 bits per heavy atom. The van der Waals surface area contributed by atoms with Crippen LogP contribution < -0.4 is 0 Å². The van der Waals surface area contributed by atoms with Crippen LogP contribution in [0.1, 0.15) is 5.71 Å². The fraction of sp³-hybridized carbons (Fsp3) is 0. The first-order chi connectivity index (χ1) is 0. The fourth-order valence-corrected chi connectivity index (χ4v) is 0. The largest absolute Gasteiger partial charge is 2.00 e. The molecule has 0 aromatic heterocycles. The fourth-order valence-electron chi connectivity index (χ4n) is 0. The molecule has 4 heavy (non-hydrogen) atoms. The summed E-state index contributed by atoms with van der Waals surface area (Å²) in [6, 6.07) is 0. The van der Waals surface area contributed by atoms with E-state index in [1.165, 1.54) is 0 Å². The van der Waals surface area contributed by atoms with Crippen LogP contribution in [0.5, 0.6) is 0 Å². The molecule has 22 valence electrons. The molecule has 0 heterocycles. The molecular weight excluding hydrogens is 261 g/mol. The zero-order chi connectivity index (χ0) is 0. The Morgan fingerprint density at radius 1 is 1.25 bits per heavy atom. The Kier molecular flexibility index (Phi) is 106. The summed E-state index contributed by atoms with van der Waals surface area (Å²) in [5.74, 6) is 0. The SMILES string of the molecule is [GaH3].[H-].[H-].[H-].[H-].[Mg+2].[SeH2].[Sr+2]. The third-order valence-corrected chi connectivity index (χ3v) is 0. The molecule has 0 nitrogen and oxygen atoms in total. The van der Waals surface area contributed by atoms with Crippen LogP contribution in [0.15, 0.2) is 0 Å². The minimum atomic E-state index is 0. The van der Waals surface area contributed by atoms with Gasteiger partial charge in [0.2, 0.25) is 0 Å². The van der Waals surface area contributed by atoms with E-state index in [4.69, 9.17) is 0 Å². The van der Waals surface area contributed by atoms with Gasteiger partial charge in [0.05, 0.1) is 0 Å². The molecule has 0 atom stereocenters. The Morgan fingerprint density at radius 3 is 1.25 bits per heavy atom. The van der Waals surface area contributed by atoms with Crippen LogP contribution in [-0.4, -0.2) is 105 Å². The Hall–Kier alpha value is 3.40. The number of rotatable bonds is 0. The molecule has 0 rings (SSSR count). The first-order valence-corrected chi connectivity index (χ1v) is 0. The average molecular weight is 270 g/mol. The topological polar surface area (TPSA) is 0 Å². The molecule has 4 heteroatoms. The van der Waals surface area contributed by atoms with E-state index in [1.807, 2.05) is 0 Å². The molecule has 0 aromatic rings. The second-order valence-electron chi connectivity index (χ2n) is 0. The van der Waals surface area contributed by atoms with Gasteiger partial charge < -0.3 is 5.71 Å². The van der Waals surface area contributed by atoms with Gasteiger partial charge in [-0.3, -0.25) is 0 Å². The van der Waals surface area contributed by atoms with E-state index in [-0.39, 0.29) is 111 Å². The monoisotopic (exact) mass is 270 g/mol. The zero-order valence-corrected chi connectivity index (χ0v) is 8.90. The Balaban J connectivity index is 0. The summed E-state index contributed by atoms with van der Waals surface area (Å²) in [4.78, 5) is 0. The van der Waals surface area contributed by atoms with Crippen molar-refractivity contribution in [2.75, 3.05) is 0 Å². The van der Waals surface area contributed by atoms with Crippen molar-refractivity contribution in [3.63, 3.8) is 0 Å². The molecule has 0 aliphatic heterocycles. The normalized spacial score (nSPS) is 0. The molecule has 0 bridgehead atoms. The van der Waals surface area contributed by atoms with Gasteiger partial charge in [-0.05, 0) is 0 Å². The molecule has 0 aliphatic rings. The summed E-state index contributed by atoms with van der Waals surface area (Å²) in [6.07, 6.45) is 0. The molecule has 0 unspecified atom stereocenters. The van der Waals surface area contributed by atoms with Crippen LogP contribution in [0.25, 0.3) is 0 Å². The van der Waals surface area contributed by atoms with Gasteiger partial charge in [0, 0.05) is 0 Å². The Bertz CT molecular complexity index is 16.0. The van der Waals surface area contributed by atoms with E-state index in [0.717, 1.165) is 0 Å². The maximum atomic E-state index is 0. The van der Waals surface area contributed by atoms with E-state index < -0.39 is 0 Å². The van der Waals surface area contributed by atoms with Crippen LogP contribution in [0.2, 0.25) is 0 Å². The second-order valence-corrected chi connectivity index (χ2v) is 0. The van der Waals surface area contributed by atoms with Crippen LogP contribution >= 0.6 is 0 Å². The predicted octanol–water partition coefficient (Wildman–Crippen LogP) is -2.41. The second kappa shape index (κ2) is 16.1. The molecule has 0 radical (unpaired) electrons. The zero-order valence-electron chi connectivity index (χ0n) is 5.91. The van der Waals surface area contributed by atoms with E-state index in [2.05, 4.69) is 0 Å². The van der Waals surface area contributed by atoms with Gasteiger partial charge in [-0.25, -0.2) is 0 Å². The summed E-state index contributed by atoms with van der Waals surface area (Å²) < 4.78 is 0. The molecule has 0 spiro atoms. The van der Waals surface area contributed by atoms with Crippen molar-refractivity contribution < 1.29 is 5.71 Å². The molecular formula is H9GaMgSeSr. The summed E-state index contributed by atoms with van der Waals surface area (Å²) in [5.41, 5.74) is 0. The van der Waals surface area contributed by atoms with Gasteiger partial charge in [-0.1, -0.05) is 0 Å². The summed E-state index contributed by atoms with van der Waals surface area (Å²) in [6.45, 7) is 0. The molecule has 0 amide bonds. The van der Waals surface area contributed by atoms with Crippen molar-refractivity contribution in [3.05, 3.63) is 0 Å². The van der Waals surface area contributed by atoms with Crippen molar-refractivity contribution >= 4 is 105 Å². The molecule has 0 aliphatic carbocycles. The van der Waals surface area contributed by atoms with Crippen molar-refractivity contribution in [3.8, 4) is 0 Å². The van der Waals surface area contributed by atoms with E-state index in [9.17, 15) is 0 Å². The summed E-state index contributed by atoms with van der Waals surface area (Å²) >= 11 is 0. The average Bonchev–Trinajstić information content (AvgIpc) is 0. The van der Waals surface area contributed by atoms with Gasteiger partial charge in [0.25, 0.3) is 0 Å². The number of hydrogen-bond acceptors (Lipinski definition) is 0. The maximum absolute atomic E-state index is 0. The molecule has 0 fully saturated rings. The Labute approximate surface area is 109 Å².